The lowest BCUT2D eigenvalue weighted by Gasteiger charge is -2.22. The predicted octanol–water partition coefficient (Wildman–Crippen LogP) is 0.748. The highest BCUT2D eigenvalue weighted by atomic mass is 35.5. The summed E-state index contributed by atoms with van der Waals surface area (Å²) in [6.07, 6.45) is 0. The Morgan fingerprint density at radius 1 is 1.37 bits per heavy atom. The Morgan fingerprint density at radius 2 is 2.00 bits per heavy atom. The van der Waals surface area contributed by atoms with Crippen molar-refractivity contribution in [3.63, 3.8) is 0 Å². The Morgan fingerprint density at radius 3 is 2.53 bits per heavy atom. The normalized spacial score (nSPS) is 10.9. The minimum Gasteiger partial charge on any atom is -0.399 e. The summed E-state index contributed by atoms with van der Waals surface area (Å²) in [4.78, 5) is 23.2. The number of rotatable bonds is 3. The second-order valence-electron chi connectivity index (χ2n) is 4.69. The van der Waals surface area contributed by atoms with Crippen molar-refractivity contribution in [1.82, 2.24) is 5.32 Å². The van der Waals surface area contributed by atoms with Crippen LogP contribution in [0.25, 0.3) is 0 Å². The van der Waals surface area contributed by atoms with Crippen molar-refractivity contribution in [2.75, 3.05) is 17.7 Å². The van der Waals surface area contributed by atoms with Crippen molar-refractivity contribution in [1.29, 1.82) is 0 Å². The fourth-order valence-electron chi connectivity index (χ4n) is 1.22. The van der Waals surface area contributed by atoms with E-state index < -0.39 is 17.4 Å². The largest absolute Gasteiger partial charge is 0.399 e. The molecule has 0 aliphatic carbocycles. The number of nitrogens with one attached hydrogen (secondary N) is 2. The molecule has 104 valence electrons. The van der Waals surface area contributed by atoms with E-state index in [2.05, 4.69) is 10.6 Å². The molecule has 0 aliphatic rings. The molecule has 2 amide bonds. The molecule has 1 aromatic carbocycles. The molecule has 7 heteroatoms. The van der Waals surface area contributed by atoms with Gasteiger partial charge in [0.25, 0.3) is 0 Å². The number of aliphatic hydroxyl groups is 1. The number of nitrogen functional groups attached to an aromatic ring is 1. The van der Waals surface area contributed by atoms with Crippen molar-refractivity contribution < 1.29 is 14.7 Å². The number of amides is 2. The van der Waals surface area contributed by atoms with Gasteiger partial charge in [0.1, 0.15) is 0 Å². The van der Waals surface area contributed by atoms with Gasteiger partial charge in [0.15, 0.2) is 0 Å². The molecule has 0 saturated carbocycles. The lowest BCUT2D eigenvalue weighted by atomic mass is 10.1. The topological polar surface area (TPSA) is 104 Å². The molecule has 0 unspecified atom stereocenters. The van der Waals surface area contributed by atoms with Crippen LogP contribution >= 0.6 is 11.6 Å². The number of carbonyl (C=O) groups excluding carboxylic acids is 2. The van der Waals surface area contributed by atoms with Crippen LogP contribution in [0.15, 0.2) is 18.2 Å². The quantitative estimate of drug-likeness (QED) is 0.486. The number of nitrogens with two attached hydrogens (primary N) is 1. The third-order valence-electron chi connectivity index (χ3n) is 2.29. The lowest BCUT2D eigenvalue weighted by molar-refractivity contribution is -0.137. The molecule has 0 heterocycles. The Balaban J connectivity index is 2.72. The van der Waals surface area contributed by atoms with Gasteiger partial charge < -0.3 is 21.5 Å². The van der Waals surface area contributed by atoms with Crippen LogP contribution in [0, 0.1) is 0 Å². The highest BCUT2D eigenvalue weighted by Crippen LogP contribution is 2.23. The molecule has 0 fully saturated rings. The van der Waals surface area contributed by atoms with Gasteiger partial charge in [0.2, 0.25) is 0 Å². The van der Waals surface area contributed by atoms with E-state index in [-0.39, 0.29) is 17.3 Å². The predicted molar refractivity (Wildman–Crippen MR) is 73.8 cm³/mol. The fourth-order valence-corrected chi connectivity index (χ4v) is 1.45. The monoisotopic (exact) mass is 285 g/mol. The summed E-state index contributed by atoms with van der Waals surface area (Å²) in [5.41, 5.74) is 5.38. The molecule has 5 N–H and O–H groups in total. The second kappa shape index (κ2) is 5.90. The van der Waals surface area contributed by atoms with Gasteiger partial charge in [-0.05, 0) is 32.0 Å². The highest BCUT2D eigenvalue weighted by molar-refractivity contribution is 6.41. The van der Waals surface area contributed by atoms with Crippen molar-refractivity contribution in [2.45, 2.75) is 19.4 Å². The number of carbonyl (C=O) groups is 2. The maximum absolute atomic E-state index is 11.6. The summed E-state index contributed by atoms with van der Waals surface area (Å²) in [5, 5.41) is 14.0. The molecule has 1 aromatic rings. The molecular weight excluding hydrogens is 270 g/mol. The molecule has 19 heavy (non-hydrogen) atoms. The Labute approximate surface area is 115 Å². The SMILES string of the molecule is CC(C)(CO)NC(=O)C(=O)Nc1ccc(N)cc1Cl. The molecule has 0 radical (unpaired) electrons. The van der Waals surface area contributed by atoms with Crippen LogP contribution < -0.4 is 16.4 Å². The van der Waals surface area contributed by atoms with Gasteiger partial charge in [-0.2, -0.15) is 0 Å². The number of aliphatic hydroxyl groups excluding tert-OH is 1. The van der Waals surface area contributed by atoms with Gasteiger partial charge in [0, 0.05) is 5.69 Å². The standard InChI is InChI=1S/C12H16ClN3O3/c1-12(2,6-17)16-11(19)10(18)15-9-4-3-7(14)5-8(9)13/h3-5,17H,6,14H2,1-2H3,(H,15,18)(H,16,19). The van der Waals surface area contributed by atoms with E-state index in [1.807, 2.05) is 0 Å². The lowest BCUT2D eigenvalue weighted by Crippen LogP contribution is -2.50. The number of hydrogen-bond acceptors (Lipinski definition) is 4. The molecule has 0 bridgehead atoms. The summed E-state index contributed by atoms with van der Waals surface area (Å²) in [6.45, 7) is 2.90. The molecule has 1 rings (SSSR count). The van der Waals surface area contributed by atoms with E-state index in [0.29, 0.717) is 5.69 Å². The summed E-state index contributed by atoms with van der Waals surface area (Å²) in [5.74, 6) is -1.72. The average molecular weight is 286 g/mol. The zero-order chi connectivity index (χ0) is 14.6. The zero-order valence-corrected chi connectivity index (χ0v) is 11.4. The van der Waals surface area contributed by atoms with Crippen LogP contribution in [0.1, 0.15) is 13.8 Å². The van der Waals surface area contributed by atoms with Gasteiger partial charge in [-0.1, -0.05) is 11.6 Å². The third-order valence-corrected chi connectivity index (χ3v) is 2.61. The van der Waals surface area contributed by atoms with Crippen LogP contribution in [0.3, 0.4) is 0 Å². The summed E-state index contributed by atoms with van der Waals surface area (Å²) < 4.78 is 0. The molecule has 0 atom stereocenters. The Hall–Kier alpha value is -1.79. The number of anilines is 2. The number of halogens is 1. The molecule has 0 saturated heterocycles. The third kappa shape index (κ3) is 4.42. The van der Waals surface area contributed by atoms with Gasteiger partial charge >= 0.3 is 11.8 Å². The van der Waals surface area contributed by atoms with E-state index in [4.69, 9.17) is 22.4 Å². The summed E-state index contributed by atoms with van der Waals surface area (Å²) >= 11 is 5.87. The number of hydrogen-bond donors (Lipinski definition) is 4. The van der Waals surface area contributed by atoms with E-state index >= 15 is 0 Å². The maximum atomic E-state index is 11.6. The zero-order valence-electron chi connectivity index (χ0n) is 10.7. The molecule has 0 spiro atoms. The van der Waals surface area contributed by atoms with Gasteiger partial charge in [0.05, 0.1) is 22.9 Å². The minimum atomic E-state index is -0.876. The first-order valence-corrected chi connectivity index (χ1v) is 5.92. The first-order valence-electron chi connectivity index (χ1n) is 5.54. The Bertz CT molecular complexity index is 503. The smallest absolute Gasteiger partial charge is 0.313 e. The molecule has 0 aromatic heterocycles. The van der Waals surface area contributed by atoms with Crippen molar-refractivity contribution in [3.8, 4) is 0 Å². The summed E-state index contributed by atoms with van der Waals surface area (Å²) in [7, 11) is 0. The van der Waals surface area contributed by atoms with Crippen LogP contribution in [0.4, 0.5) is 11.4 Å². The van der Waals surface area contributed by atoms with Crippen LogP contribution in [-0.2, 0) is 9.59 Å². The van der Waals surface area contributed by atoms with Crippen molar-refractivity contribution in [2.24, 2.45) is 0 Å². The average Bonchev–Trinajstić information content (AvgIpc) is 2.32. The van der Waals surface area contributed by atoms with Crippen LogP contribution in [0.2, 0.25) is 5.02 Å². The van der Waals surface area contributed by atoms with E-state index in [1.165, 1.54) is 12.1 Å². The fraction of sp³-hybridized carbons (Fsp3) is 0.333. The second-order valence-corrected chi connectivity index (χ2v) is 5.10. The highest BCUT2D eigenvalue weighted by Gasteiger charge is 2.24. The summed E-state index contributed by atoms with van der Waals surface area (Å²) in [6, 6.07) is 4.52. The van der Waals surface area contributed by atoms with E-state index in [9.17, 15) is 9.59 Å². The number of benzene rings is 1. The first kappa shape index (κ1) is 15.3. The molecule has 6 nitrogen and oxygen atoms in total. The van der Waals surface area contributed by atoms with Crippen molar-refractivity contribution in [3.05, 3.63) is 23.2 Å². The van der Waals surface area contributed by atoms with Gasteiger partial charge in [-0.15, -0.1) is 0 Å². The molecular formula is C12H16ClN3O3. The van der Waals surface area contributed by atoms with Gasteiger partial charge in [-0.25, -0.2) is 0 Å². The van der Waals surface area contributed by atoms with Crippen molar-refractivity contribution >= 4 is 34.8 Å². The first-order chi connectivity index (χ1) is 8.75. The van der Waals surface area contributed by atoms with E-state index in [1.54, 1.807) is 19.9 Å². The maximum Gasteiger partial charge on any atom is 0.313 e. The Kier molecular flexibility index (Phi) is 4.74. The minimum absolute atomic E-state index is 0.238. The van der Waals surface area contributed by atoms with Crippen LogP contribution in [0.5, 0.6) is 0 Å². The van der Waals surface area contributed by atoms with Gasteiger partial charge in [-0.3, -0.25) is 9.59 Å². The van der Waals surface area contributed by atoms with Crippen LogP contribution in [-0.4, -0.2) is 29.1 Å². The molecule has 0 aliphatic heterocycles. The van der Waals surface area contributed by atoms with E-state index in [0.717, 1.165) is 0 Å².